The first-order chi connectivity index (χ1) is 10.4. The number of anilines is 1. The normalized spacial score (nSPS) is 10.2. The van der Waals surface area contributed by atoms with E-state index in [0.29, 0.717) is 32.8 Å². The number of benzene rings is 2. The second-order valence-corrected chi connectivity index (χ2v) is 5.52. The SMILES string of the molecule is COc1cc(OC)cc(C(=O)Nc2cc(Cl)c(Cl)cc2Cl)c1. The lowest BCUT2D eigenvalue weighted by molar-refractivity contribution is 0.102. The molecule has 0 aliphatic heterocycles. The molecule has 1 amide bonds. The number of ether oxygens (including phenoxy) is 2. The molecule has 0 bridgehead atoms. The second kappa shape index (κ2) is 7.09. The number of carbonyl (C=O) groups excluding carboxylic acids is 1. The summed E-state index contributed by atoms with van der Waals surface area (Å²) in [6.45, 7) is 0. The maximum atomic E-state index is 12.3. The highest BCUT2D eigenvalue weighted by atomic mass is 35.5. The zero-order valence-electron chi connectivity index (χ0n) is 11.7. The molecule has 0 saturated heterocycles. The summed E-state index contributed by atoms with van der Waals surface area (Å²) in [4.78, 5) is 12.3. The van der Waals surface area contributed by atoms with Gasteiger partial charge in [0.25, 0.3) is 5.91 Å². The molecule has 22 heavy (non-hydrogen) atoms. The maximum Gasteiger partial charge on any atom is 0.255 e. The van der Waals surface area contributed by atoms with E-state index < -0.39 is 0 Å². The van der Waals surface area contributed by atoms with Gasteiger partial charge in [-0.2, -0.15) is 0 Å². The van der Waals surface area contributed by atoms with Crippen molar-refractivity contribution >= 4 is 46.4 Å². The highest BCUT2D eigenvalue weighted by Gasteiger charge is 2.13. The van der Waals surface area contributed by atoms with Gasteiger partial charge in [-0.25, -0.2) is 0 Å². The minimum absolute atomic E-state index is 0.289. The topological polar surface area (TPSA) is 47.6 Å². The Labute approximate surface area is 142 Å². The van der Waals surface area contributed by atoms with E-state index in [4.69, 9.17) is 44.3 Å². The van der Waals surface area contributed by atoms with Gasteiger partial charge in [0.15, 0.2) is 0 Å². The summed E-state index contributed by atoms with van der Waals surface area (Å²) in [7, 11) is 3.01. The second-order valence-electron chi connectivity index (χ2n) is 4.30. The summed E-state index contributed by atoms with van der Waals surface area (Å²) in [6, 6.07) is 7.80. The number of nitrogens with one attached hydrogen (secondary N) is 1. The molecule has 0 unspecified atom stereocenters. The number of rotatable bonds is 4. The minimum atomic E-state index is -0.377. The van der Waals surface area contributed by atoms with Crippen LogP contribution >= 0.6 is 34.8 Å². The summed E-state index contributed by atoms with van der Waals surface area (Å²) in [5.74, 6) is 0.631. The van der Waals surface area contributed by atoms with Crippen molar-refractivity contribution in [2.75, 3.05) is 19.5 Å². The number of hydrogen-bond donors (Lipinski definition) is 1. The molecular formula is C15H12Cl3NO3. The van der Waals surface area contributed by atoms with Crippen molar-refractivity contribution in [3.8, 4) is 11.5 Å². The van der Waals surface area contributed by atoms with E-state index in [0.717, 1.165) is 0 Å². The Morgan fingerprint density at radius 1 is 0.864 bits per heavy atom. The largest absolute Gasteiger partial charge is 0.497 e. The smallest absolute Gasteiger partial charge is 0.255 e. The first kappa shape index (κ1) is 16.7. The van der Waals surface area contributed by atoms with Crippen LogP contribution in [0, 0.1) is 0 Å². The molecule has 0 aliphatic rings. The van der Waals surface area contributed by atoms with Gasteiger partial charge in [-0.05, 0) is 24.3 Å². The van der Waals surface area contributed by atoms with Gasteiger partial charge < -0.3 is 14.8 Å². The van der Waals surface area contributed by atoms with Crippen molar-refractivity contribution in [1.82, 2.24) is 0 Å². The average Bonchev–Trinajstić information content (AvgIpc) is 2.51. The van der Waals surface area contributed by atoms with Gasteiger partial charge in [0.1, 0.15) is 11.5 Å². The van der Waals surface area contributed by atoms with E-state index in [1.54, 1.807) is 18.2 Å². The number of hydrogen-bond acceptors (Lipinski definition) is 3. The van der Waals surface area contributed by atoms with E-state index in [1.165, 1.54) is 26.4 Å². The molecule has 0 heterocycles. The zero-order valence-corrected chi connectivity index (χ0v) is 14.0. The van der Waals surface area contributed by atoms with Gasteiger partial charge in [0.2, 0.25) is 0 Å². The van der Waals surface area contributed by atoms with E-state index in [-0.39, 0.29) is 10.9 Å². The lowest BCUT2D eigenvalue weighted by Crippen LogP contribution is -2.12. The lowest BCUT2D eigenvalue weighted by Gasteiger charge is -2.11. The fraction of sp³-hybridized carbons (Fsp3) is 0.133. The standard InChI is InChI=1S/C15H12Cl3NO3/c1-21-9-3-8(4-10(5-9)22-2)15(20)19-14-7-12(17)11(16)6-13(14)18/h3-7H,1-2H3,(H,19,20). The van der Waals surface area contributed by atoms with E-state index in [1.807, 2.05) is 0 Å². The third-order valence-corrected chi connectivity index (χ3v) is 3.91. The van der Waals surface area contributed by atoms with Crippen LogP contribution in [0.25, 0.3) is 0 Å². The molecular weight excluding hydrogens is 349 g/mol. The van der Waals surface area contributed by atoms with Crippen LogP contribution in [0.5, 0.6) is 11.5 Å². The van der Waals surface area contributed by atoms with Crippen LogP contribution in [0.2, 0.25) is 15.1 Å². The molecule has 0 atom stereocenters. The highest BCUT2D eigenvalue weighted by Crippen LogP contribution is 2.32. The third-order valence-electron chi connectivity index (χ3n) is 2.87. The van der Waals surface area contributed by atoms with Crippen LogP contribution in [-0.2, 0) is 0 Å². The summed E-state index contributed by atoms with van der Waals surface area (Å²) >= 11 is 17.8. The molecule has 0 fully saturated rings. The molecule has 2 aromatic rings. The fourth-order valence-corrected chi connectivity index (χ4v) is 2.35. The van der Waals surface area contributed by atoms with Crippen molar-refractivity contribution < 1.29 is 14.3 Å². The number of amides is 1. The fourth-order valence-electron chi connectivity index (χ4n) is 1.75. The molecule has 4 nitrogen and oxygen atoms in total. The van der Waals surface area contributed by atoms with Crippen LogP contribution in [0.4, 0.5) is 5.69 Å². The third kappa shape index (κ3) is 3.77. The lowest BCUT2D eigenvalue weighted by atomic mass is 10.2. The minimum Gasteiger partial charge on any atom is -0.497 e. The number of halogens is 3. The molecule has 1 N–H and O–H groups in total. The Kier molecular flexibility index (Phi) is 5.40. The number of carbonyl (C=O) groups is 1. The molecule has 0 spiro atoms. The summed E-state index contributed by atoms with van der Waals surface area (Å²) in [6.07, 6.45) is 0. The van der Waals surface area contributed by atoms with Gasteiger partial charge in [0.05, 0.1) is 35.0 Å². The van der Waals surface area contributed by atoms with Crippen LogP contribution in [0.1, 0.15) is 10.4 Å². The predicted molar refractivity (Wildman–Crippen MR) is 89.0 cm³/mol. The summed E-state index contributed by atoms with van der Waals surface area (Å²) < 4.78 is 10.3. The van der Waals surface area contributed by atoms with Crippen molar-refractivity contribution in [3.63, 3.8) is 0 Å². The van der Waals surface area contributed by atoms with Gasteiger partial charge in [0, 0.05) is 11.6 Å². The van der Waals surface area contributed by atoms with Crippen LogP contribution in [-0.4, -0.2) is 20.1 Å². The van der Waals surface area contributed by atoms with Crippen LogP contribution in [0.15, 0.2) is 30.3 Å². The molecule has 0 saturated carbocycles. The monoisotopic (exact) mass is 359 g/mol. The van der Waals surface area contributed by atoms with Gasteiger partial charge in [-0.3, -0.25) is 4.79 Å². The molecule has 0 aliphatic carbocycles. The first-order valence-corrected chi connectivity index (χ1v) is 7.27. The van der Waals surface area contributed by atoms with Crippen molar-refractivity contribution in [1.29, 1.82) is 0 Å². The van der Waals surface area contributed by atoms with Crippen molar-refractivity contribution in [2.24, 2.45) is 0 Å². The molecule has 0 aromatic heterocycles. The van der Waals surface area contributed by atoms with E-state index in [2.05, 4.69) is 5.32 Å². The average molecular weight is 361 g/mol. The van der Waals surface area contributed by atoms with Gasteiger partial charge in [-0.15, -0.1) is 0 Å². The quantitative estimate of drug-likeness (QED) is 0.788. The van der Waals surface area contributed by atoms with Crippen molar-refractivity contribution in [2.45, 2.75) is 0 Å². The molecule has 7 heteroatoms. The number of methoxy groups -OCH3 is 2. The van der Waals surface area contributed by atoms with Crippen LogP contribution in [0.3, 0.4) is 0 Å². The summed E-state index contributed by atoms with van der Waals surface area (Å²) in [5.41, 5.74) is 0.723. The van der Waals surface area contributed by atoms with E-state index in [9.17, 15) is 4.79 Å². The predicted octanol–water partition coefficient (Wildman–Crippen LogP) is 4.92. The van der Waals surface area contributed by atoms with E-state index >= 15 is 0 Å². The first-order valence-electron chi connectivity index (χ1n) is 6.13. The maximum absolute atomic E-state index is 12.3. The molecule has 116 valence electrons. The zero-order chi connectivity index (χ0) is 16.3. The van der Waals surface area contributed by atoms with Gasteiger partial charge in [-0.1, -0.05) is 34.8 Å². The Hall–Kier alpha value is -1.62. The Bertz CT molecular complexity index is 697. The van der Waals surface area contributed by atoms with Gasteiger partial charge >= 0.3 is 0 Å². The Morgan fingerprint density at radius 2 is 1.41 bits per heavy atom. The van der Waals surface area contributed by atoms with Crippen LogP contribution < -0.4 is 14.8 Å². The molecule has 2 aromatic carbocycles. The summed E-state index contributed by atoms with van der Waals surface area (Å²) in [5, 5.41) is 3.57. The Balaban J connectivity index is 2.31. The molecule has 0 radical (unpaired) electrons. The Morgan fingerprint density at radius 3 is 1.95 bits per heavy atom. The van der Waals surface area contributed by atoms with Crippen molar-refractivity contribution in [3.05, 3.63) is 51.0 Å². The molecule has 2 rings (SSSR count). The highest BCUT2D eigenvalue weighted by molar-refractivity contribution is 6.44.